The first-order chi connectivity index (χ1) is 14.2. The lowest BCUT2D eigenvalue weighted by Gasteiger charge is -2.27. The molecule has 0 aliphatic carbocycles. The van der Waals surface area contributed by atoms with Crippen LogP contribution >= 0.6 is 11.3 Å². The van der Waals surface area contributed by atoms with E-state index in [4.69, 9.17) is 14.5 Å². The van der Waals surface area contributed by atoms with Crippen LogP contribution in [0.2, 0.25) is 0 Å². The van der Waals surface area contributed by atoms with Gasteiger partial charge in [0.25, 0.3) is 5.91 Å². The second kappa shape index (κ2) is 8.89. The van der Waals surface area contributed by atoms with Gasteiger partial charge < -0.3 is 9.47 Å². The molecule has 0 radical (unpaired) electrons. The summed E-state index contributed by atoms with van der Waals surface area (Å²) in [4.78, 5) is 22.2. The van der Waals surface area contributed by atoms with Crippen molar-refractivity contribution in [2.24, 2.45) is 7.05 Å². The van der Waals surface area contributed by atoms with Gasteiger partial charge in [-0.1, -0.05) is 11.3 Å². The molecule has 1 saturated heterocycles. The van der Waals surface area contributed by atoms with E-state index in [1.54, 1.807) is 36.0 Å². The number of carbonyl (C=O) groups excluding carboxylic acids is 1. The number of ether oxygens (including phenoxy) is 2. The van der Waals surface area contributed by atoms with Gasteiger partial charge in [0.2, 0.25) is 0 Å². The van der Waals surface area contributed by atoms with Crippen LogP contribution in [-0.2, 0) is 11.8 Å². The number of thiazole rings is 1. The number of amides is 1. The fourth-order valence-electron chi connectivity index (χ4n) is 3.42. The number of carbonyl (C=O) groups is 1. The van der Waals surface area contributed by atoms with E-state index in [0.29, 0.717) is 17.4 Å². The molecule has 0 atom stereocenters. The smallest absolute Gasteiger partial charge is 0.278 e. The fourth-order valence-corrected chi connectivity index (χ4v) is 4.39. The molecule has 29 heavy (non-hydrogen) atoms. The highest BCUT2D eigenvalue weighted by atomic mass is 32.1. The number of hydrogen-bond donors (Lipinski definition) is 0. The zero-order valence-corrected chi connectivity index (χ0v) is 17.5. The summed E-state index contributed by atoms with van der Waals surface area (Å²) in [5.41, 5.74) is 1.38. The van der Waals surface area contributed by atoms with E-state index in [0.717, 1.165) is 55.2 Å². The highest BCUT2D eigenvalue weighted by molar-refractivity contribution is 7.22. The Labute approximate surface area is 173 Å². The summed E-state index contributed by atoms with van der Waals surface area (Å²) in [5.74, 6) is 0.671. The number of hydrogen-bond acceptors (Lipinski definition) is 7. The van der Waals surface area contributed by atoms with Gasteiger partial charge in [-0.15, -0.1) is 0 Å². The number of morpholine rings is 1. The third kappa shape index (κ3) is 4.42. The molecular weight excluding hydrogens is 390 g/mol. The molecule has 8 nitrogen and oxygen atoms in total. The summed E-state index contributed by atoms with van der Waals surface area (Å²) in [6.07, 6.45) is 2.51. The Balaban J connectivity index is 1.57. The molecule has 2 aromatic heterocycles. The largest absolute Gasteiger partial charge is 0.497 e. The molecule has 1 aliphatic rings. The van der Waals surface area contributed by atoms with E-state index in [1.807, 2.05) is 18.2 Å². The highest BCUT2D eigenvalue weighted by Crippen LogP contribution is 2.32. The zero-order chi connectivity index (χ0) is 20.2. The Morgan fingerprint density at radius 3 is 2.86 bits per heavy atom. The van der Waals surface area contributed by atoms with Crippen molar-refractivity contribution in [3.63, 3.8) is 0 Å². The van der Waals surface area contributed by atoms with Crippen LogP contribution in [0.5, 0.6) is 5.75 Å². The standard InChI is InChI=1S/C20H25N5O3S/c1-23-17(6-7-21-23)19(26)25(9-3-8-24-10-12-28-13-11-24)20-22-16-14-15(27-2)4-5-18(16)29-20/h4-7,14H,3,8-13H2,1-2H3. The SMILES string of the molecule is COc1ccc2sc(N(CCCN3CCOCC3)C(=O)c3ccnn3C)nc2c1. The van der Waals surface area contributed by atoms with Crippen LogP contribution in [0.25, 0.3) is 10.2 Å². The van der Waals surface area contributed by atoms with Gasteiger partial charge in [-0.05, 0) is 24.6 Å². The minimum Gasteiger partial charge on any atom is -0.497 e. The van der Waals surface area contributed by atoms with E-state index in [1.165, 1.54) is 11.3 Å². The van der Waals surface area contributed by atoms with Gasteiger partial charge in [0, 0.05) is 45.5 Å². The number of aryl methyl sites for hydroxylation is 1. The van der Waals surface area contributed by atoms with Crippen LogP contribution in [0, 0.1) is 0 Å². The molecule has 9 heteroatoms. The van der Waals surface area contributed by atoms with Crippen LogP contribution in [-0.4, -0.2) is 72.1 Å². The molecule has 1 aliphatic heterocycles. The number of anilines is 1. The quantitative estimate of drug-likeness (QED) is 0.590. The van der Waals surface area contributed by atoms with Gasteiger partial charge in [0.1, 0.15) is 11.4 Å². The zero-order valence-electron chi connectivity index (χ0n) is 16.7. The van der Waals surface area contributed by atoms with Crippen molar-refractivity contribution >= 4 is 32.6 Å². The molecule has 0 bridgehead atoms. The van der Waals surface area contributed by atoms with E-state index in [-0.39, 0.29) is 5.91 Å². The third-order valence-electron chi connectivity index (χ3n) is 5.06. The molecule has 0 spiro atoms. The van der Waals surface area contributed by atoms with Gasteiger partial charge in [-0.25, -0.2) is 4.98 Å². The molecule has 1 amide bonds. The molecule has 3 aromatic rings. The number of fused-ring (bicyclic) bond motifs is 1. The van der Waals surface area contributed by atoms with Gasteiger partial charge in [-0.2, -0.15) is 5.10 Å². The summed E-state index contributed by atoms with van der Waals surface area (Å²) in [6, 6.07) is 7.54. The lowest BCUT2D eigenvalue weighted by atomic mass is 10.3. The van der Waals surface area contributed by atoms with Gasteiger partial charge in [-0.3, -0.25) is 19.3 Å². The second-order valence-corrected chi connectivity index (χ2v) is 7.94. The first-order valence-electron chi connectivity index (χ1n) is 9.70. The summed E-state index contributed by atoms with van der Waals surface area (Å²) in [5, 5.41) is 4.84. The molecular formula is C20H25N5O3S. The maximum Gasteiger partial charge on any atom is 0.278 e. The average Bonchev–Trinajstić information content (AvgIpc) is 3.36. The third-order valence-corrected chi connectivity index (χ3v) is 6.12. The number of nitrogens with zero attached hydrogens (tertiary/aromatic N) is 5. The molecule has 154 valence electrons. The van der Waals surface area contributed by atoms with Crippen LogP contribution in [0.1, 0.15) is 16.9 Å². The number of aromatic nitrogens is 3. The Morgan fingerprint density at radius 2 is 2.14 bits per heavy atom. The first-order valence-corrected chi connectivity index (χ1v) is 10.5. The molecule has 3 heterocycles. The molecule has 0 unspecified atom stereocenters. The van der Waals surface area contributed by atoms with Crippen molar-refractivity contribution in [1.82, 2.24) is 19.7 Å². The maximum absolute atomic E-state index is 13.3. The first kappa shape index (κ1) is 19.8. The van der Waals surface area contributed by atoms with Crippen molar-refractivity contribution < 1.29 is 14.3 Å². The van der Waals surface area contributed by atoms with Crippen molar-refractivity contribution in [3.8, 4) is 5.75 Å². The van der Waals surface area contributed by atoms with Crippen molar-refractivity contribution in [3.05, 3.63) is 36.2 Å². The number of benzene rings is 1. The molecule has 4 rings (SSSR count). The van der Waals surface area contributed by atoms with Crippen LogP contribution in [0.4, 0.5) is 5.13 Å². The van der Waals surface area contributed by atoms with E-state index in [9.17, 15) is 4.79 Å². The molecule has 1 aromatic carbocycles. The second-order valence-electron chi connectivity index (χ2n) is 6.93. The van der Waals surface area contributed by atoms with Gasteiger partial charge in [0.15, 0.2) is 5.13 Å². The number of rotatable bonds is 7. The highest BCUT2D eigenvalue weighted by Gasteiger charge is 2.24. The van der Waals surface area contributed by atoms with Crippen LogP contribution in [0.3, 0.4) is 0 Å². The summed E-state index contributed by atoms with van der Waals surface area (Å²) in [7, 11) is 3.42. The Kier molecular flexibility index (Phi) is 6.08. The van der Waals surface area contributed by atoms with Crippen LogP contribution < -0.4 is 9.64 Å². The topological polar surface area (TPSA) is 72.7 Å². The Bertz CT molecular complexity index is 980. The van der Waals surface area contributed by atoms with E-state index in [2.05, 4.69) is 10.00 Å². The molecule has 0 saturated carbocycles. The number of methoxy groups -OCH3 is 1. The molecule has 1 fully saturated rings. The van der Waals surface area contributed by atoms with Crippen molar-refractivity contribution in [1.29, 1.82) is 0 Å². The van der Waals surface area contributed by atoms with Gasteiger partial charge >= 0.3 is 0 Å². The van der Waals surface area contributed by atoms with E-state index >= 15 is 0 Å². The minimum atomic E-state index is -0.0852. The molecule has 0 N–H and O–H groups in total. The van der Waals surface area contributed by atoms with Crippen LogP contribution in [0.15, 0.2) is 30.5 Å². The normalized spacial score (nSPS) is 15.0. The van der Waals surface area contributed by atoms with Crippen molar-refractivity contribution in [2.75, 3.05) is 51.4 Å². The fraction of sp³-hybridized carbons (Fsp3) is 0.450. The monoisotopic (exact) mass is 415 g/mol. The van der Waals surface area contributed by atoms with Gasteiger partial charge in [0.05, 0.1) is 30.5 Å². The predicted octanol–water partition coefficient (Wildman–Crippen LogP) is 2.41. The Hall–Kier alpha value is -2.49. The summed E-state index contributed by atoms with van der Waals surface area (Å²) >= 11 is 1.52. The minimum absolute atomic E-state index is 0.0852. The van der Waals surface area contributed by atoms with E-state index < -0.39 is 0 Å². The average molecular weight is 416 g/mol. The summed E-state index contributed by atoms with van der Waals surface area (Å²) in [6.45, 7) is 4.96. The maximum atomic E-state index is 13.3. The summed E-state index contributed by atoms with van der Waals surface area (Å²) < 4.78 is 13.3. The Morgan fingerprint density at radius 1 is 1.31 bits per heavy atom. The lowest BCUT2D eigenvalue weighted by Crippen LogP contribution is -2.39. The lowest BCUT2D eigenvalue weighted by molar-refractivity contribution is 0.0376. The predicted molar refractivity (Wildman–Crippen MR) is 113 cm³/mol. The van der Waals surface area contributed by atoms with Crippen molar-refractivity contribution in [2.45, 2.75) is 6.42 Å².